The lowest BCUT2D eigenvalue weighted by atomic mass is 10.1. The summed E-state index contributed by atoms with van der Waals surface area (Å²) in [4.78, 5) is 10.7. The number of benzene rings is 1. The number of hydrogen-bond donors (Lipinski definition) is 1. The lowest BCUT2D eigenvalue weighted by Crippen LogP contribution is -2.22. The second kappa shape index (κ2) is 5.95. The van der Waals surface area contributed by atoms with Crippen molar-refractivity contribution in [3.63, 3.8) is 0 Å². The Morgan fingerprint density at radius 1 is 1.53 bits per heavy atom. The Hall–Kier alpha value is -0.780. The molecule has 0 aliphatic rings. The Morgan fingerprint density at radius 2 is 2.27 bits per heavy atom. The molecule has 0 saturated heterocycles. The van der Waals surface area contributed by atoms with E-state index in [-0.39, 0.29) is 5.91 Å². The van der Waals surface area contributed by atoms with Gasteiger partial charge in [-0.1, -0.05) is 0 Å². The zero-order valence-electron chi connectivity index (χ0n) is 8.84. The molecule has 4 heteroatoms. The Bertz CT molecular complexity index is 352. The van der Waals surface area contributed by atoms with E-state index in [4.69, 9.17) is 4.74 Å². The number of rotatable bonds is 4. The van der Waals surface area contributed by atoms with E-state index >= 15 is 0 Å². The summed E-state index contributed by atoms with van der Waals surface area (Å²) in [6, 6.07) is 5.95. The summed E-state index contributed by atoms with van der Waals surface area (Å²) in [7, 11) is 1.65. The van der Waals surface area contributed by atoms with Crippen LogP contribution in [0.15, 0.2) is 18.2 Å². The molecule has 1 aromatic carbocycles. The fourth-order valence-electron chi connectivity index (χ4n) is 1.24. The van der Waals surface area contributed by atoms with Crippen molar-refractivity contribution in [1.29, 1.82) is 0 Å². The molecule has 0 bridgehead atoms. The average molecular weight is 319 g/mol. The largest absolute Gasteiger partial charge is 0.497 e. The molecule has 15 heavy (non-hydrogen) atoms. The summed E-state index contributed by atoms with van der Waals surface area (Å²) in [6.07, 6.45) is 0.828. The highest BCUT2D eigenvalue weighted by Gasteiger charge is 2.02. The van der Waals surface area contributed by atoms with Crippen molar-refractivity contribution in [2.75, 3.05) is 13.7 Å². The standard InChI is InChI=1S/C11H14INO2/c1-8(14)13-6-5-9-7-10(15-2)3-4-11(9)12/h3-4,7H,5-6H2,1-2H3,(H,13,14). The van der Waals surface area contributed by atoms with Gasteiger partial charge in [-0.25, -0.2) is 0 Å². The zero-order chi connectivity index (χ0) is 11.3. The van der Waals surface area contributed by atoms with E-state index in [1.54, 1.807) is 7.11 Å². The van der Waals surface area contributed by atoms with Crippen LogP contribution in [0.2, 0.25) is 0 Å². The predicted molar refractivity (Wildman–Crippen MR) is 68.1 cm³/mol. The van der Waals surface area contributed by atoms with Crippen LogP contribution in [0.5, 0.6) is 5.75 Å². The molecule has 0 heterocycles. The van der Waals surface area contributed by atoms with Crippen molar-refractivity contribution in [1.82, 2.24) is 5.32 Å². The molecule has 3 nitrogen and oxygen atoms in total. The molecule has 0 atom stereocenters. The van der Waals surface area contributed by atoms with Gasteiger partial charge in [0.2, 0.25) is 5.91 Å². The molecule has 0 radical (unpaired) electrons. The number of ether oxygens (including phenoxy) is 1. The van der Waals surface area contributed by atoms with E-state index in [2.05, 4.69) is 27.9 Å². The normalized spacial score (nSPS) is 9.80. The average Bonchev–Trinajstić information content (AvgIpc) is 2.20. The molecule has 0 fully saturated rings. The van der Waals surface area contributed by atoms with Gasteiger partial charge in [-0.2, -0.15) is 0 Å². The van der Waals surface area contributed by atoms with Gasteiger partial charge in [-0.3, -0.25) is 4.79 Å². The van der Waals surface area contributed by atoms with Crippen molar-refractivity contribution in [2.45, 2.75) is 13.3 Å². The van der Waals surface area contributed by atoms with Gasteiger partial charge in [0.1, 0.15) is 5.75 Å². The minimum atomic E-state index is 0.00732. The fraction of sp³-hybridized carbons (Fsp3) is 0.364. The topological polar surface area (TPSA) is 38.3 Å². The maximum absolute atomic E-state index is 10.7. The molecule has 0 aromatic heterocycles. The minimum Gasteiger partial charge on any atom is -0.497 e. The lowest BCUT2D eigenvalue weighted by Gasteiger charge is -2.07. The summed E-state index contributed by atoms with van der Waals surface area (Å²) < 4.78 is 6.34. The highest BCUT2D eigenvalue weighted by molar-refractivity contribution is 14.1. The molecule has 1 aromatic rings. The first kappa shape index (κ1) is 12.3. The molecular formula is C11H14INO2. The Labute approximate surface area is 103 Å². The molecule has 0 saturated carbocycles. The zero-order valence-corrected chi connectivity index (χ0v) is 11.0. The number of halogens is 1. The summed E-state index contributed by atoms with van der Waals surface area (Å²) in [5, 5.41) is 2.78. The maximum Gasteiger partial charge on any atom is 0.216 e. The monoisotopic (exact) mass is 319 g/mol. The van der Waals surface area contributed by atoms with Crippen LogP contribution in [-0.4, -0.2) is 19.6 Å². The van der Waals surface area contributed by atoms with Gasteiger partial charge in [0, 0.05) is 17.0 Å². The summed E-state index contributed by atoms with van der Waals surface area (Å²) in [6.45, 7) is 2.19. The van der Waals surface area contributed by atoms with Crippen LogP contribution < -0.4 is 10.1 Å². The smallest absolute Gasteiger partial charge is 0.216 e. The SMILES string of the molecule is COc1ccc(I)c(CCNC(C)=O)c1. The number of carbonyl (C=O) groups is 1. The molecular weight excluding hydrogens is 305 g/mol. The molecule has 0 spiro atoms. The Balaban J connectivity index is 2.62. The van der Waals surface area contributed by atoms with E-state index in [9.17, 15) is 4.79 Å². The highest BCUT2D eigenvalue weighted by atomic mass is 127. The fourth-order valence-corrected chi connectivity index (χ4v) is 1.85. The predicted octanol–water partition coefficient (Wildman–Crippen LogP) is 1.98. The first-order valence-corrected chi connectivity index (χ1v) is 5.78. The van der Waals surface area contributed by atoms with Gasteiger partial charge in [0.05, 0.1) is 7.11 Å². The van der Waals surface area contributed by atoms with Gasteiger partial charge >= 0.3 is 0 Å². The van der Waals surface area contributed by atoms with Gasteiger partial charge in [-0.05, 0) is 52.8 Å². The van der Waals surface area contributed by atoms with Crippen LogP contribution in [0.25, 0.3) is 0 Å². The lowest BCUT2D eigenvalue weighted by molar-refractivity contribution is -0.118. The Morgan fingerprint density at radius 3 is 2.87 bits per heavy atom. The second-order valence-corrected chi connectivity index (χ2v) is 4.35. The third-order valence-corrected chi connectivity index (χ3v) is 3.07. The molecule has 82 valence electrons. The summed E-state index contributed by atoms with van der Waals surface area (Å²) in [5.41, 5.74) is 1.20. The van der Waals surface area contributed by atoms with Crippen molar-refractivity contribution in [2.24, 2.45) is 0 Å². The third kappa shape index (κ3) is 4.07. The first-order chi connectivity index (χ1) is 7.13. The van der Waals surface area contributed by atoms with Crippen LogP contribution in [-0.2, 0) is 11.2 Å². The van der Waals surface area contributed by atoms with Gasteiger partial charge in [0.25, 0.3) is 0 Å². The number of hydrogen-bond acceptors (Lipinski definition) is 2. The highest BCUT2D eigenvalue weighted by Crippen LogP contribution is 2.19. The molecule has 1 N–H and O–H groups in total. The van der Waals surface area contributed by atoms with Gasteiger partial charge < -0.3 is 10.1 Å². The first-order valence-electron chi connectivity index (χ1n) is 4.70. The van der Waals surface area contributed by atoms with Gasteiger partial charge in [0.15, 0.2) is 0 Å². The number of nitrogens with one attached hydrogen (secondary N) is 1. The summed E-state index contributed by atoms with van der Waals surface area (Å²) in [5.74, 6) is 0.862. The van der Waals surface area contributed by atoms with Crippen molar-refractivity contribution >= 4 is 28.5 Å². The minimum absolute atomic E-state index is 0.00732. The molecule has 0 aliphatic heterocycles. The number of methoxy groups -OCH3 is 1. The van der Waals surface area contributed by atoms with Crippen molar-refractivity contribution in [3.8, 4) is 5.75 Å². The van der Waals surface area contributed by atoms with E-state index in [0.29, 0.717) is 6.54 Å². The number of amides is 1. The van der Waals surface area contributed by atoms with E-state index < -0.39 is 0 Å². The van der Waals surface area contributed by atoms with Crippen LogP contribution >= 0.6 is 22.6 Å². The van der Waals surface area contributed by atoms with Crippen molar-refractivity contribution < 1.29 is 9.53 Å². The number of carbonyl (C=O) groups excluding carboxylic acids is 1. The Kier molecular flexibility index (Phi) is 4.87. The van der Waals surface area contributed by atoms with Crippen LogP contribution in [0.3, 0.4) is 0 Å². The second-order valence-electron chi connectivity index (χ2n) is 3.19. The van der Waals surface area contributed by atoms with Crippen LogP contribution in [0.1, 0.15) is 12.5 Å². The summed E-state index contributed by atoms with van der Waals surface area (Å²) >= 11 is 2.28. The van der Waals surface area contributed by atoms with Crippen LogP contribution in [0.4, 0.5) is 0 Å². The molecule has 1 amide bonds. The van der Waals surface area contributed by atoms with E-state index in [1.165, 1.54) is 16.1 Å². The van der Waals surface area contributed by atoms with Crippen LogP contribution in [0, 0.1) is 3.57 Å². The third-order valence-electron chi connectivity index (χ3n) is 2.02. The van der Waals surface area contributed by atoms with Crippen molar-refractivity contribution in [3.05, 3.63) is 27.3 Å². The van der Waals surface area contributed by atoms with Gasteiger partial charge in [-0.15, -0.1) is 0 Å². The van der Waals surface area contributed by atoms with E-state index in [1.807, 2.05) is 18.2 Å². The molecule has 1 rings (SSSR count). The molecule has 0 aliphatic carbocycles. The molecule has 0 unspecified atom stereocenters. The van der Waals surface area contributed by atoms with E-state index in [0.717, 1.165) is 12.2 Å². The maximum atomic E-state index is 10.7. The quantitative estimate of drug-likeness (QED) is 0.862.